The molecule has 0 aromatic heterocycles. The van der Waals surface area contributed by atoms with E-state index in [1.54, 1.807) is 24.3 Å². The van der Waals surface area contributed by atoms with Gasteiger partial charge in [-0.15, -0.1) is 0 Å². The molecular formula is C20H18O5. The van der Waals surface area contributed by atoms with Crippen molar-refractivity contribution in [3.63, 3.8) is 0 Å². The first-order valence-corrected chi connectivity index (χ1v) is 7.92. The molecule has 0 saturated carbocycles. The highest BCUT2D eigenvalue weighted by Gasteiger charge is 2.21. The van der Waals surface area contributed by atoms with Crippen molar-refractivity contribution in [2.75, 3.05) is 0 Å². The zero-order chi connectivity index (χ0) is 18.0. The van der Waals surface area contributed by atoms with Crippen LogP contribution in [0.1, 0.15) is 31.9 Å². The molecule has 0 radical (unpaired) electrons. The van der Waals surface area contributed by atoms with Gasteiger partial charge in [-0.05, 0) is 48.4 Å². The Hall–Kier alpha value is -3.08. The van der Waals surface area contributed by atoms with Crippen LogP contribution in [0.15, 0.2) is 42.5 Å². The third-order valence-corrected chi connectivity index (χ3v) is 3.75. The van der Waals surface area contributed by atoms with Gasteiger partial charge in [-0.3, -0.25) is 9.59 Å². The number of ether oxygens (including phenoxy) is 3. The molecular weight excluding hydrogens is 320 g/mol. The van der Waals surface area contributed by atoms with E-state index in [0.717, 1.165) is 16.7 Å². The van der Waals surface area contributed by atoms with Gasteiger partial charge in [0.1, 0.15) is 23.4 Å². The lowest BCUT2D eigenvalue weighted by Crippen LogP contribution is -2.18. The summed E-state index contributed by atoms with van der Waals surface area (Å²) in [7, 11) is 0. The summed E-state index contributed by atoms with van der Waals surface area (Å²) < 4.78 is 16.1. The molecule has 5 nitrogen and oxygen atoms in total. The molecule has 1 aliphatic heterocycles. The SMILES string of the molecule is CC(=O)Oc1ccc(C2=Cc3ccc(OC(C)=O)cc3O[C@@H]2C)cc1. The van der Waals surface area contributed by atoms with Crippen LogP contribution in [-0.2, 0) is 9.59 Å². The van der Waals surface area contributed by atoms with Crippen molar-refractivity contribution in [1.82, 2.24) is 0 Å². The van der Waals surface area contributed by atoms with Gasteiger partial charge in [0, 0.05) is 25.5 Å². The summed E-state index contributed by atoms with van der Waals surface area (Å²) in [6.07, 6.45) is 1.88. The van der Waals surface area contributed by atoms with Crippen LogP contribution >= 0.6 is 0 Å². The van der Waals surface area contributed by atoms with Gasteiger partial charge in [0.25, 0.3) is 0 Å². The molecule has 2 aromatic rings. The third kappa shape index (κ3) is 3.88. The van der Waals surface area contributed by atoms with Gasteiger partial charge < -0.3 is 14.2 Å². The van der Waals surface area contributed by atoms with Gasteiger partial charge in [0.15, 0.2) is 0 Å². The summed E-state index contributed by atoms with van der Waals surface area (Å²) in [5, 5.41) is 0. The second-order valence-corrected chi connectivity index (χ2v) is 5.77. The molecule has 1 atom stereocenters. The lowest BCUT2D eigenvalue weighted by atomic mass is 9.96. The standard InChI is InChI=1S/C20H18O5/c1-12-19(15-4-7-17(8-5-15)24-13(2)21)10-16-6-9-18(25-14(3)22)11-20(16)23-12/h4-12H,1-3H3/t12-/m1/s1. The Morgan fingerprint density at radius 3 is 2.16 bits per heavy atom. The number of carbonyl (C=O) groups is 2. The average Bonchev–Trinajstić information content (AvgIpc) is 2.54. The Morgan fingerprint density at radius 1 is 0.920 bits per heavy atom. The molecule has 2 aromatic carbocycles. The van der Waals surface area contributed by atoms with Crippen LogP contribution in [0.5, 0.6) is 17.2 Å². The minimum atomic E-state index is -0.368. The molecule has 0 fully saturated rings. The number of fused-ring (bicyclic) bond motifs is 1. The molecule has 0 aliphatic carbocycles. The van der Waals surface area contributed by atoms with E-state index in [1.165, 1.54) is 13.8 Å². The fourth-order valence-electron chi connectivity index (χ4n) is 2.70. The molecule has 25 heavy (non-hydrogen) atoms. The lowest BCUT2D eigenvalue weighted by Gasteiger charge is -2.25. The first-order chi connectivity index (χ1) is 11.9. The maximum atomic E-state index is 11.1. The highest BCUT2D eigenvalue weighted by Crippen LogP contribution is 2.36. The van der Waals surface area contributed by atoms with Gasteiger partial charge in [-0.1, -0.05) is 12.1 Å². The topological polar surface area (TPSA) is 61.8 Å². The van der Waals surface area contributed by atoms with E-state index in [9.17, 15) is 9.59 Å². The number of hydrogen-bond donors (Lipinski definition) is 0. The average molecular weight is 338 g/mol. The quantitative estimate of drug-likeness (QED) is 0.628. The Bertz CT molecular complexity index is 849. The van der Waals surface area contributed by atoms with E-state index >= 15 is 0 Å². The van der Waals surface area contributed by atoms with Crippen molar-refractivity contribution in [3.05, 3.63) is 53.6 Å². The van der Waals surface area contributed by atoms with Crippen LogP contribution in [0.3, 0.4) is 0 Å². The van der Waals surface area contributed by atoms with Gasteiger partial charge in [-0.2, -0.15) is 0 Å². The molecule has 128 valence electrons. The molecule has 0 spiro atoms. The minimum absolute atomic E-state index is 0.167. The Labute approximate surface area is 145 Å². The van der Waals surface area contributed by atoms with Crippen LogP contribution in [0.2, 0.25) is 0 Å². The molecule has 0 saturated heterocycles. The number of hydrogen-bond acceptors (Lipinski definition) is 5. The minimum Gasteiger partial charge on any atom is -0.485 e. The third-order valence-electron chi connectivity index (χ3n) is 3.75. The zero-order valence-electron chi connectivity index (χ0n) is 14.2. The highest BCUT2D eigenvalue weighted by atomic mass is 16.5. The van der Waals surface area contributed by atoms with E-state index < -0.39 is 0 Å². The first kappa shape index (κ1) is 16.8. The van der Waals surface area contributed by atoms with Crippen molar-refractivity contribution in [1.29, 1.82) is 0 Å². The van der Waals surface area contributed by atoms with Crippen LogP contribution in [0.25, 0.3) is 11.6 Å². The monoisotopic (exact) mass is 338 g/mol. The first-order valence-electron chi connectivity index (χ1n) is 7.92. The van der Waals surface area contributed by atoms with E-state index in [0.29, 0.717) is 17.2 Å². The summed E-state index contributed by atoms with van der Waals surface area (Å²) >= 11 is 0. The van der Waals surface area contributed by atoms with Crippen LogP contribution in [-0.4, -0.2) is 18.0 Å². The smallest absolute Gasteiger partial charge is 0.308 e. The van der Waals surface area contributed by atoms with Gasteiger partial charge >= 0.3 is 11.9 Å². The lowest BCUT2D eigenvalue weighted by molar-refractivity contribution is -0.132. The van der Waals surface area contributed by atoms with Crippen molar-refractivity contribution >= 4 is 23.6 Å². The van der Waals surface area contributed by atoms with Crippen LogP contribution < -0.4 is 14.2 Å². The zero-order valence-corrected chi connectivity index (χ0v) is 14.2. The Morgan fingerprint density at radius 2 is 1.52 bits per heavy atom. The number of benzene rings is 2. The molecule has 3 rings (SSSR count). The van der Waals surface area contributed by atoms with Gasteiger partial charge in [0.2, 0.25) is 0 Å². The van der Waals surface area contributed by atoms with Gasteiger partial charge in [-0.25, -0.2) is 0 Å². The highest BCUT2D eigenvalue weighted by molar-refractivity contribution is 5.87. The molecule has 0 bridgehead atoms. The molecule has 0 N–H and O–H groups in total. The second-order valence-electron chi connectivity index (χ2n) is 5.77. The van der Waals surface area contributed by atoms with Crippen molar-refractivity contribution in [3.8, 4) is 17.2 Å². The Balaban J connectivity index is 1.89. The van der Waals surface area contributed by atoms with Crippen molar-refractivity contribution in [2.24, 2.45) is 0 Å². The largest absolute Gasteiger partial charge is 0.485 e. The molecule has 0 amide bonds. The van der Waals surface area contributed by atoms with Crippen molar-refractivity contribution < 1.29 is 23.8 Å². The molecule has 5 heteroatoms. The molecule has 1 aliphatic rings. The van der Waals surface area contributed by atoms with E-state index in [4.69, 9.17) is 14.2 Å². The summed E-state index contributed by atoms with van der Waals surface area (Å²) in [4.78, 5) is 22.1. The van der Waals surface area contributed by atoms with E-state index in [-0.39, 0.29) is 18.0 Å². The number of esters is 2. The number of carbonyl (C=O) groups excluding carboxylic acids is 2. The second kappa shape index (κ2) is 6.81. The summed E-state index contributed by atoms with van der Waals surface area (Å²) in [6, 6.07) is 12.6. The van der Waals surface area contributed by atoms with E-state index in [2.05, 4.69) is 0 Å². The summed E-state index contributed by atoms with van der Waals surface area (Å²) in [6.45, 7) is 4.68. The van der Waals surface area contributed by atoms with Crippen molar-refractivity contribution in [2.45, 2.75) is 26.9 Å². The Kier molecular flexibility index (Phi) is 4.57. The normalized spacial score (nSPS) is 15.5. The summed E-state index contributed by atoms with van der Waals surface area (Å²) in [5.41, 5.74) is 2.91. The van der Waals surface area contributed by atoms with E-state index in [1.807, 2.05) is 31.2 Å². The van der Waals surface area contributed by atoms with Gasteiger partial charge in [0.05, 0.1) is 0 Å². The van der Waals surface area contributed by atoms with Crippen LogP contribution in [0, 0.1) is 0 Å². The summed E-state index contributed by atoms with van der Waals surface area (Å²) in [5.74, 6) is 0.923. The van der Waals surface area contributed by atoms with Crippen LogP contribution in [0.4, 0.5) is 0 Å². The maximum absolute atomic E-state index is 11.1. The predicted octanol–water partition coefficient (Wildman–Crippen LogP) is 3.86. The maximum Gasteiger partial charge on any atom is 0.308 e. The fraction of sp³-hybridized carbons (Fsp3) is 0.200. The number of rotatable bonds is 3. The predicted molar refractivity (Wildman–Crippen MR) is 93.5 cm³/mol. The fourth-order valence-corrected chi connectivity index (χ4v) is 2.70. The molecule has 1 heterocycles. The molecule has 0 unspecified atom stereocenters.